The van der Waals surface area contributed by atoms with E-state index in [0.29, 0.717) is 0 Å². The van der Waals surface area contributed by atoms with Crippen molar-refractivity contribution in [3.05, 3.63) is 0 Å². The molecule has 58 valence electrons. The van der Waals surface area contributed by atoms with Crippen molar-refractivity contribution in [2.45, 2.75) is 40.0 Å². The summed E-state index contributed by atoms with van der Waals surface area (Å²) in [6.45, 7) is 7.28. The average molecular weight is 138 g/mol. The number of fused-ring (bicyclic) bond motifs is 1. The van der Waals surface area contributed by atoms with Gasteiger partial charge in [0.15, 0.2) is 0 Å². The molecule has 0 nitrogen and oxygen atoms in total. The fourth-order valence-electron chi connectivity index (χ4n) is 3.70. The van der Waals surface area contributed by atoms with Gasteiger partial charge in [0.25, 0.3) is 0 Å². The second-order valence-electron chi connectivity index (χ2n) is 4.72. The van der Waals surface area contributed by atoms with Crippen molar-refractivity contribution in [1.29, 1.82) is 0 Å². The Kier molecular flexibility index (Phi) is 1.19. The lowest BCUT2D eigenvalue weighted by atomic mass is 9.60. The Bertz CT molecular complexity index is 150. The van der Waals surface area contributed by atoms with E-state index in [1.165, 1.54) is 19.3 Å². The Morgan fingerprint density at radius 1 is 1.40 bits per heavy atom. The van der Waals surface area contributed by atoms with Crippen LogP contribution in [0, 0.1) is 23.2 Å². The molecular weight excluding hydrogens is 120 g/mol. The van der Waals surface area contributed by atoms with Crippen molar-refractivity contribution in [2.24, 2.45) is 23.2 Å². The molecule has 0 aliphatic heterocycles. The van der Waals surface area contributed by atoms with Crippen LogP contribution in [-0.2, 0) is 0 Å². The highest BCUT2D eigenvalue weighted by molar-refractivity contribution is 5.07. The minimum Gasteiger partial charge on any atom is -0.0651 e. The van der Waals surface area contributed by atoms with Crippen LogP contribution in [0.3, 0.4) is 0 Å². The van der Waals surface area contributed by atoms with Gasteiger partial charge in [-0.2, -0.15) is 0 Å². The summed E-state index contributed by atoms with van der Waals surface area (Å²) in [6.07, 6.45) is 4.47. The first-order chi connectivity index (χ1) is 4.67. The average Bonchev–Trinajstić information content (AvgIpc) is 2.20. The lowest BCUT2D eigenvalue weighted by Crippen LogP contribution is -2.37. The van der Waals surface area contributed by atoms with Gasteiger partial charge in [0.1, 0.15) is 0 Å². The first-order valence-corrected chi connectivity index (χ1v) is 4.67. The van der Waals surface area contributed by atoms with E-state index in [0.717, 1.165) is 23.2 Å². The summed E-state index contributed by atoms with van der Waals surface area (Å²) >= 11 is 0. The fourth-order valence-corrected chi connectivity index (χ4v) is 3.70. The summed E-state index contributed by atoms with van der Waals surface area (Å²) < 4.78 is 0. The standard InChI is InChI=1S/C10H18/c1-4-9-8-6-10(9,3)5-7(8)2/h7-9H,4-6H2,1-3H3. The molecule has 4 atom stereocenters. The van der Waals surface area contributed by atoms with Crippen LogP contribution >= 0.6 is 0 Å². The van der Waals surface area contributed by atoms with Gasteiger partial charge in [-0.3, -0.25) is 0 Å². The second-order valence-corrected chi connectivity index (χ2v) is 4.72. The molecule has 0 heteroatoms. The van der Waals surface area contributed by atoms with Gasteiger partial charge in [0.2, 0.25) is 0 Å². The van der Waals surface area contributed by atoms with Gasteiger partial charge in [-0.15, -0.1) is 0 Å². The van der Waals surface area contributed by atoms with Crippen LogP contribution in [0.1, 0.15) is 40.0 Å². The van der Waals surface area contributed by atoms with Crippen molar-refractivity contribution in [1.82, 2.24) is 0 Å². The molecule has 0 heterocycles. The lowest BCUT2D eigenvalue weighted by molar-refractivity contribution is 0.0414. The third-order valence-corrected chi connectivity index (χ3v) is 4.07. The van der Waals surface area contributed by atoms with Gasteiger partial charge in [-0.25, -0.2) is 0 Å². The highest BCUT2D eigenvalue weighted by Crippen LogP contribution is 2.66. The molecule has 0 saturated heterocycles. The van der Waals surface area contributed by atoms with E-state index < -0.39 is 0 Å². The normalized spacial score (nSPS) is 58.5. The summed E-state index contributed by atoms with van der Waals surface area (Å²) in [7, 11) is 0. The maximum absolute atomic E-state index is 2.49. The molecule has 3 aliphatic carbocycles. The van der Waals surface area contributed by atoms with Crippen molar-refractivity contribution in [3.63, 3.8) is 0 Å². The lowest BCUT2D eigenvalue weighted by Gasteiger charge is -2.45. The first-order valence-electron chi connectivity index (χ1n) is 4.67. The van der Waals surface area contributed by atoms with Gasteiger partial charge in [-0.1, -0.05) is 27.2 Å². The van der Waals surface area contributed by atoms with Crippen LogP contribution in [0.4, 0.5) is 0 Å². The van der Waals surface area contributed by atoms with Crippen molar-refractivity contribution >= 4 is 0 Å². The van der Waals surface area contributed by atoms with Gasteiger partial charge in [-0.05, 0) is 36.0 Å². The Hall–Kier alpha value is 0. The molecule has 0 N–H and O–H groups in total. The highest BCUT2D eigenvalue weighted by Gasteiger charge is 2.57. The smallest absolute Gasteiger partial charge is 0.0289 e. The first kappa shape index (κ1) is 6.69. The summed E-state index contributed by atoms with van der Waals surface area (Å²) in [5, 5.41) is 0. The Morgan fingerprint density at radius 3 is 2.30 bits per heavy atom. The maximum atomic E-state index is 2.49. The number of rotatable bonds is 1. The van der Waals surface area contributed by atoms with E-state index in [1.807, 2.05) is 0 Å². The van der Waals surface area contributed by atoms with E-state index in [4.69, 9.17) is 0 Å². The van der Waals surface area contributed by atoms with E-state index in [-0.39, 0.29) is 0 Å². The van der Waals surface area contributed by atoms with E-state index in [1.54, 1.807) is 0 Å². The zero-order valence-electron chi connectivity index (χ0n) is 7.35. The molecule has 0 aromatic carbocycles. The van der Waals surface area contributed by atoms with Crippen LogP contribution < -0.4 is 0 Å². The Labute approximate surface area is 64.0 Å². The Balaban J connectivity index is 2.15. The van der Waals surface area contributed by atoms with Gasteiger partial charge < -0.3 is 0 Å². The minimum absolute atomic E-state index is 0.777. The SMILES string of the molecule is CCC1C2CC1(C)CC2C. The van der Waals surface area contributed by atoms with Crippen LogP contribution in [0.2, 0.25) is 0 Å². The third kappa shape index (κ3) is 0.580. The second kappa shape index (κ2) is 1.78. The molecule has 10 heavy (non-hydrogen) atoms. The quantitative estimate of drug-likeness (QED) is 0.522. The van der Waals surface area contributed by atoms with E-state index in [2.05, 4.69) is 20.8 Å². The molecule has 0 radical (unpaired) electrons. The molecule has 3 aliphatic rings. The fraction of sp³-hybridized carbons (Fsp3) is 1.00. The van der Waals surface area contributed by atoms with E-state index >= 15 is 0 Å². The van der Waals surface area contributed by atoms with Crippen LogP contribution in [-0.4, -0.2) is 0 Å². The molecular formula is C10H18. The molecule has 0 aromatic rings. The molecule has 0 amide bonds. The van der Waals surface area contributed by atoms with Gasteiger partial charge >= 0.3 is 0 Å². The summed E-state index contributed by atoms with van der Waals surface area (Å²) in [6, 6.07) is 0. The zero-order chi connectivity index (χ0) is 7.35. The minimum atomic E-state index is 0.777. The number of hydrogen-bond donors (Lipinski definition) is 0. The Morgan fingerprint density at radius 2 is 2.10 bits per heavy atom. The maximum Gasteiger partial charge on any atom is -0.0289 e. The molecule has 3 saturated carbocycles. The largest absolute Gasteiger partial charge is 0.0651 e. The summed E-state index contributed by atoms with van der Waals surface area (Å²) in [5.41, 5.74) is 0.777. The van der Waals surface area contributed by atoms with Crippen LogP contribution in [0.5, 0.6) is 0 Å². The third-order valence-electron chi connectivity index (χ3n) is 4.07. The van der Waals surface area contributed by atoms with Gasteiger partial charge in [0, 0.05) is 0 Å². The molecule has 3 rings (SSSR count). The number of hydrogen-bond acceptors (Lipinski definition) is 0. The summed E-state index contributed by atoms with van der Waals surface area (Å²) in [5.74, 6) is 3.23. The van der Waals surface area contributed by atoms with Crippen molar-refractivity contribution in [3.8, 4) is 0 Å². The predicted octanol–water partition coefficient (Wildman–Crippen LogP) is 3.08. The van der Waals surface area contributed by atoms with Crippen molar-refractivity contribution < 1.29 is 0 Å². The molecule has 4 unspecified atom stereocenters. The molecule has 3 fully saturated rings. The predicted molar refractivity (Wildman–Crippen MR) is 43.8 cm³/mol. The summed E-state index contributed by atoms with van der Waals surface area (Å²) in [4.78, 5) is 0. The van der Waals surface area contributed by atoms with Gasteiger partial charge in [0.05, 0.1) is 0 Å². The zero-order valence-corrected chi connectivity index (χ0v) is 7.35. The molecule has 0 aromatic heterocycles. The topological polar surface area (TPSA) is 0 Å². The monoisotopic (exact) mass is 138 g/mol. The van der Waals surface area contributed by atoms with E-state index in [9.17, 15) is 0 Å². The highest BCUT2D eigenvalue weighted by atomic mass is 14.6. The van der Waals surface area contributed by atoms with Crippen molar-refractivity contribution in [2.75, 3.05) is 0 Å². The van der Waals surface area contributed by atoms with Crippen LogP contribution in [0.25, 0.3) is 0 Å². The van der Waals surface area contributed by atoms with Crippen LogP contribution in [0.15, 0.2) is 0 Å². The molecule has 0 spiro atoms. The molecule has 2 bridgehead atoms.